The molecular formula is C15H16ClN3OS. The summed E-state index contributed by atoms with van der Waals surface area (Å²) in [5, 5.41) is 0. The van der Waals surface area contributed by atoms with Gasteiger partial charge in [0.2, 0.25) is 0 Å². The second kappa shape index (κ2) is 6.93. The molecule has 0 bridgehead atoms. The van der Waals surface area contributed by atoms with E-state index in [1.165, 1.54) is 0 Å². The summed E-state index contributed by atoms with van der Waals surface area (Å²) in [5.41, 5.74) is 6.31. The van der Waals surface area contributed by atoms with Gasteiger partial charge in [-0.3, -0.25) is 9.69 Å². The van der Waals surface area contributed by atoms with E-state index in [1.807, 2.05) is 36.4 Å². The van der Waals surface area contributed by atoms with E-state index < -0.39 is 0 Å². The summed E-state index contributed by atoms with van der Waals surface area (Å²) < 4.78 is 0. The number of aromatic nitrogens is 1. The SMILES string of the molecule is Cl.NCCCN1C(=O)c2ccccc2Sc2cccnc21. The Morgan fingerprint density at radius 2 is 1.90 bits per heavy atom. The van der Waals surface area contributed by atoms with Crippen LogP contribution in [0.25, 0.3) is 0 Å². The van der Waals surface area contributed by atoms with E-state index in [2.05, 4.69) is 4.98 Å². The predicted octanol–water partition coefficient (Wildman–Crippen LogP) is 2.96. The summed E-state index contributed by atoms with van der Waals surface area (Å²) in [6.45, 7) is 1.15. The smallest absolute Gasteiger partial charge is 0.260 e. The minimum Gasteiger partial charge on any atom is -0.330 e. The molecule has 2 heterocycles. The van der Waals surface area contributed by atoms with Gasteiger partial charge in [0.05, 0.1) is 10.5 Å². The maximum atomic E-state index is 12.7. The molecule has 21 heavy (non-hydrogen) atoms. The Morgan fingerprint density at radius 1 is 1.14 bits per heavy atom. The number of benzene rings is 1. The average molecular weight is 322 g/mol. The van der Waals surface area contributed by atoms with E-state index >= 15 is 0 Å². The van der Waals surface area contributed by atoms with E-state index in [4.69, 9.17) is 5.73 Å². The summed E-state index contributed by atoms with van der Waals surface area (Å²) in [6.07, 6.45) is 2.48. The normalized spacial score (nSPS) is 13.0. The summed E-state index contributed by atoms with van der Waals surface area (Å²) in [5.74, 6) is 0.728. The van der Waals surface area contributed by atoms with Gasteiger partial charge in [-0.15, -0.1) is 12.4 Å². The van der Waals surface area contributed by atoms with Crippen LogP contribution < -0.4 is 10.6 Å². The van der Waals surface area contributed by atoms with Gasteiger partial charge < -0.3 is 5.73 Å². The molecule has 0 saturated carbocycles. The lowest BCUT2D eigenvalue weighted by Crippen LogP contribution is -2.33. The molecular weight excluding hydrogens is 306 g/mol. The van der Waals surface area contributed by atoms with Crippen LogP contribution in [-0.2, 0) is 0 Å². The first-order chi connectivity index (χ1) is 9.81. The zero-order chi connectivity index (χ0) is 13.9. The van der Waals surface area contributed by atoms with Crippen molar-refractivity contribution < 1.29 is 4.79 Å². The van der Waals surface area contributed by atoms with Gasteiger partial charge >= 0.3 is 0 Å². The number of anilines is 1. The summed E-state index contributed by atoms with van der Waals surface area (Å²) >= 11 is 1.59. The van der Waals surface area contributed by atoms with Gasteiger partial charge in [0.25, 0.3) is 5.91 Å². The highest BCUT2D eigenvalue weighted by atomic mass is 35.5. The van der Waals surface area contributed by atoms with Crippen LogP contribution in [0.3, 0.4) is 0 Å². The van der Waals surface area contributed by atoms with Crippen LogP contribution in [-0.4, -0.2) is 24.0 Å². The Labute approximate surface area is 134 Å². The number of nitrogens with two attached hydrogens (primary N) is 1. The van der Waals surface area contributed by atoms with Gasteiger partial charge in [-0.25, -0.2) is 4.98 Å². The van der Waals surface area contributed by atoms with E-state index in [9.17, 15) is 4.79 Å². The third-order valence-electron chi connectivity index (χ3n) is 3.17. The second-order valence-corrected chi connectivity index (χ2v) is 5.61. The summed E-state index contributed by atoms with van der Waals surface area (Å²) in [6, 6.07) is 11.6. The molecule has 0 atom stereocenters. The number of hydrogen-bond donors (Lipinski definition) is 1. The molecule has 1 amide bonds. The van der Waals surface area contributed by atoms with Crippen LogP contribution in [0.4, 0.5) is 5.82 Å². The third kappa shape index (κ3) is 3.05. The molecule has 3 rings (SSSR count). The van der Waals surface area contributed by atoms with Crippen LogP contribution in [0, 0.1) is 0 Å². The summed E-state index contributed by atoms with van der Waals surface area (Å²) in [4.78, 5) is 20.8. The minimum absolute atomic E-state index is 0. The molecule has 0 radical (unpaired) electrons. The Bertz CT molecular complexity index is 650. The van der Waals surface area contributed by atoms with Crippen molar-refractivity contribution in [2.75, 3.05) is 18.0 Å². The highest BCUT2D eigenvalue weighted by molar-refractivity contribution is 7.99. The fourth-order valence-corrected chi connectivity index (χ4v) is 3.26. The van der Waals surface area contributed by atoms with Crippen LogP contribution in [0.1, 0.15) is 16.8 Å². The molecule has 0 fully saturated rings. The predicted molar refractivity (Wildman–Crippen MR) is 87.4 cm³/mol. The Balaban J connectivity index is 0.00000161. The number of rotatable bonds is 3. The molecule has 0 saturated heterocycles. The zero-order valence-corrected chi connectivity index (χ0v) is 13.0. The van der Waals surface area contributed by atoms with Crippen LogP contribution in [0.5, 0.6) is 0 Å². The molecule has 0 spiro atoms. The number of halogens is 1. The Kier molecular flexibility index (Phi) is 5.22. The molecule has 1 aromatic carbocycles. The fraction of sp³-hybridized carbons (Fsp3) is 0.200. The van der Waals surface area contributed by atoms with Crippen LogP contribution in [0.2, 0.25) is 0 Å². The highest BCUT2D eigenvalue weighted by Gasteiger charge is 2.27. The molecule has 4 nitrogen and oxygen atoms in total. The number of hydrogen-bond acceptors (Lipinski definition) is 4. The average Bonchev–Trinajstić information content (AvgIpc) is 2.60. The van der Waals surface area contributed by atoms with Crippen LogP contribution >= 0.6 is 24.2 Å². The van der Waals surface area contributed by atoms with Crippen LogP contribution in [0.15, 0.2) is 52.4 Å². The molecule has 6 heteroatoms. The van der Waals surface area contributed by atoms with Gasteiger partial charge in [0, 0.05) is 17.6 Å². The highest BCUT2D eigenvalue weighted by Crippen LogP contribution is 2.39. The molecule has 2 aromatic rings. The molecule has 1 aliphatic heterocycles. The lowest BCUT2D eigenvalue weighted by molar-refractivity contribution is 0.0983. The van der Waals surface area contributed by atoms with Crippen molar-refractivity contribution in [2.45, 2.75) is 16.2 Å². The van der Waals surface area contributed by atoms with Crippen molar-refractivity contribution in [3.63, 3.8) is 0 Å². The first kappa shape index (κ1) is 15.8. The molecule has 0 aliphatic carbocycles. The third-order valence-corrected chi connectivity index (χ3v) is 4.29. The van der Waals surface area contributed by atoms with Crippen molar-refractivity contribution in [3.8, 4) is 0 Å². The molecule has 1 aliphatic rings. The molecule has 2 N–H and O–H groups in total. The largest absolute Gasteiger partial charge is 0.330 e. The number of amides is 1. The topological polar surface area (TPSA) is 59.2 Å². The second-order valence-electron chi connectivity index (χ2n) is 4.52. The van der Waals surface area contributed by atoms with Crippen molar-refractivity contribution in [2.24, 2.45) is 5.73 Å². The number of fused-ring (bicyclic) bond motifs is 2. The lowest BCUT2D eigenvalue weighted by Gasteiger charge is -2.21. The molecule has 110 valence electrons. The quantitative estimate of drug-likeness (QED) is 0.944. The minimum atomic E-state index is -0.000926. The van der Waals surface area contributed by atoms with Crippen molar-refractivity contribution in [1.29, 1.82) is 0 Å². The van der Waals surface area contributed by atoms with Gasteiger partial charge in [0.15, 0.2) is 0 Å². The van der Waals surface area contributed by atoms with Gasteiger partial charge in [-0.05, 0) is 37.2 Å². The van der Waals surface area contributed by atoms with Crippen molar-refractivity contribution in [1.82, 2.24) is 4.98 Å². The maximum Gasteiger partial charge on any atom is 0.260 e. The molecule has 0 unspecified atom stereocenters. The standard InChI is InChI=1S/C15H15N3OS.ClH/c16-8-4-10-18-14-13(7-3-9-17-14)20-12-6-2-1-5-11(12)15(18)19;/h1-3,5-7,9H,4,8,10,16H2;1H. The monoisotopic (exact) mass is 321 g/mol. The first-order valence-corrected chi connectivity index (χ1v) is 7.37. The van der Waals surface area contributed by atoms with E-state index in [0.717, 1.165) is 27.6 Å². The summed E-state index contributed by atoms with van der Waals surface area (Å²) in [7, 11) is 0. The van der Waals surface area contributed by atoms with Crippen molar-refractivity contribution >= 4 is 35.9 Å². The maximum absolute atomic E-state index is 12.7. The number of carbonyl (C=O) groups is 1. The Hall–Kier alpha value is -1.56. The van der Waals surface area contributed by atoms with Crippen molar-refractivity contribution in [3.05, 3.63) is 48.2 Å². The van der Waals surface area contributed by atoms with E-state index in [-0.39, 0.29) is 18.3 Å². The van der Waals surface area contributed by atoms with Gasteiger partial charge in [0.1, 0.15) is 5.82 Å². The van der Waals surface area contributed by atoms with Gasteiger partial charge in [-0.2, -0.15) is 0 Å². The Morgan fingerprint density at radius 3 is 2.71 bits per heavy atom. The lowest BCUT2D eigenvalue weighted by atomic mass is 10.2. The first-order valence-electron chi connectivity index (χ1n) is 6.55. The number of pyridine rings is 1. The number of nitrogens with zero attached hydrogens (tertiary/aromatic N) is 2. The zero-order valence-electron chi connectivity index (χ0n) is 11.4. The van der Waals surface area contributed by atoms with Gasteiger partial charge in [-0.1, -0.05) is 23.9 Å². The van der Waals surface area contributed by atoms with E-state index in [0.29, 0.717) is 13.1 Å². The fourth-order valence-electron chi connectivity index (χ4n) is 2.21. The number of carbonyl (C=O) groups excluding carboxylic acids is 1. The molecule has 1 aromatic heterocycles. The van der Waals surface area contributed by atoms with E-state index in [1.54, 1.807) is 22.9 Å².